The van der Waals surface area contributed by atoms with Crippen molar-refractivity contribution in [3.63, 3.8) is 0 Å². The van der Waals surface area contributed by atoms with Crippen LogP contribution in [0.5, 0.6) is 0 Å². The molecule has 0 heterocycles. The Hall–Kier alpha value is -2.03. The van der Waals surface area contributed by atoms with E-state index in [0.717, 1.165) is 17.3 Å². The molecule has 0 aromatic heterocycles. The second kappa shape index (κ2) is 11.8. The molecule has 0 unspecified atom stereocenters. The summed E-state index contributed by atoms with van der Waals surface area (Å²) < 4.78 is 32.6. The molecule has 2 aromatic carbocycles. The molecule has 0 aliphatic heterocycles. The summed E-state index contributed by atoms with van der Waals surface area (Å²) in [7, 11) is -3.47. The van der Waals surface area contributed by atoms with Crippen LogP contribution < -0.4 is 4.72 Å². The highest BCUT2D eigenvalue weighted by atomic mass is 79.9. The fraction of sp³-hybridized carbons (Fsp3) is 0.333. The Morgan fingerprint density at radius 2 is 1.55 bits per heavy atom. The van der Waals surface area contributed by atoms with Gasteiger partial charge >= 0.3 is 5.97 Å². The van der Waals surface area contributed by atoms with Gasteiger partial charge in [0.25, 0.3) is 0 Å². The number of benzene rings is 2. The predicted molar refractivity (Wildman–Crippen MR) is 114 cm³/mol. The molecule has 156 valence electrons. The first kappa shape index (κ1) is 23.3. The summed E-state index contributed by atoms with van der Waals surface area (Å²) in [6.45, 7) is 0.0884. The molecule has 0 amide bonds. The van der Waals surface area contributed by atoms with Crippen molar-refractivity contribution < 1.29 is 22.7 Å². The summed E-state index contributed by atoms with van der Waals surface area (Å²) in [5.41, 5.74) is 0.499. The van der Waals surface area contributed by atoms with Gasteiger partial charge in [-0.3, -0.25) is 9.59 Å². The summed E-state index contributed by atoms with van der Waals surface area (Å²) in [6, 6.07) is 15.1. The van der Waals surface area contributed by atoms with Gasteiger partial charge in [0.05, 0.1) is 4.90 Å². The summed E-state index contributed by atoms with van der Waals surface area (Å²) in [5, 5.41) is 0. The lowest BCUT2D eigenvalue weighted by Crippen LogP contribution is -2.24. The van der Waals surface area contributed by atoms with Crippen LogP contribution in [0.2, 0.25) is 0 Å². The Bertz CT molecular complexity index is 898. The molecule has 0 saturated heterocycles. The van der Waals surface area contributed by atoms with Crippen LogP contribution in [-0.2, 0) is 19.6 Å². The van der Waals surface area contributed by atoms with E-state index in [2.05, 4.69) is 20.7 Å². The molecule has 0 spiro atoms. The van der Waals surface area contributed by atoms with Gasteiger partial charge in [0, 0.05) is 23.0 Å². The highest BCUT2D eigenvalue weighted by Crippen LogP contribution is 2.12. The molecule has 2 rings (SSSR count). The lowest BCUT2D eigenvalue weighted by Gasteiger charge is -2.07. The zero-order valence-corrected chi connectivity index (χ0v) is 18.4. The molecule has 0 radical (unpaired) electrons. The van der Waals surface area contributed by atoms with Crippen LogP contribution in [0.25, 0.3) is 0 Å². The van der Waals surface area contributed by atoms with Crippen molar-refractivity contribution in [2.45, 2.75) is 37.0 Å². The van der Waals surface area contributed by atoms with Gasteiger partial charge in [0.1, 0.15) is 0 Å². The number of rotatable bonds is 12. The third kappa shape index (κ3) is 8.47. The Morgan fingerprint density at radius 3 is 2.24 bits per heavy atom. The van der Waals surface area contributed by atoms with Gasteiger partial charge in [-0.05, 0) is 37.1 Å². The quantitative estimate of drug-likeness (QED) is 0.280. The summed E-state index contributed by atoms with van der Waals surface area (Å²) >= 11 is 3.30. The lowest BCUT2D eigenvalue weighted by molar-refractivity contribution is -0.142. The first-order chi connectivity index (χ1) is 13.9. The average molecular weight is 482 g/mol. The molecule has 0 aliphatic carbocycles. The van der Waals surface area contributed by atoms with E-state index < -0.39 is 16.0 Å². The SMILES string of the molecule is O=C(CCCCCCNS(=O)(=O)c1ccccc1)OCC(=O)c1ccc(Br)cc1. The Kier molecular flexibility index (Phi) is 9.50. The minimum absolute atomic E-state index is 0.239. The molecule has 0 aliphatic rings. The molecular formula is C21H24BrNO5S. The number of unbranched alkanes of at least 4 members (excludes halogenated alkanes) is 3. The number of sulfonamides is 1. The van der Waals surface area contributed by atoms with Crippen molar-refractivity contribution in [3.05, 3.63) is 64.6 Å². The van der Waals surface area contributed by atoms with Crippen molar-refractivity contribution in [3.8, 4) is 0 Å². The highest BCUT2D eigenvalue weighted by Gasteiger charge is 2.12. The smallest absolute Gasteiger partial charge is 0.306 e. The van der Waals surface area contributed by atoms with E-state index in [0.29, 0.717) is 24.9 Å². The topological polar surface area (TPSA) is 89.5 Å². The number of nitrogens with one attached hydrogen (secondary N) is 1. The first-order valence-electron chi connectivity index (χ1n) is 9.37. The van der Waals surface area contributed by atoms with E-state index in [1.807, 2.05) is 0 Å². The first-order valence-corrected chi connectivity index (χ1v) is 11.7. The maximum Gasteiger partial charge on any atom is 0.306 e. The van der Waals surface area contributed by atoms with E-state index in [4.69, 9.17) is 4.74 Å². The average Bonchev–Trinajstić information content (AvgIpc) is 2.72. The molecular weight excluding hydrogens is 458 g/mol. The fourth-order valence-corrected chi connectivity index (χ4v) is 3.93. The number of esters is 1. The number of hydrogen-bond acceptors (Lipinski definition) is 5. The van der Waals surface area contributed by atoms with Crippen molar-refractivity contribution >= 4 is 37.7 Å². The zero-order chi connectivity index (χ0) is 21.1. The van der Waals surface area contributed by atoms with Crippen LogP contribution in [0.15, 0.2) is 64.0 Å². The van der Waals surface area contributed by atoms with E-state index >= 15 is 0 Å². The number of Topliss-reactive ketones (excluding diaryl/α,β-unsaturated/α-hetero) is 1. The molecule has 0 bridgehead atoms. The number of carbonyl (C=O) groups is 2. The van der Waals surface area contributed by atoms with Gasteiger partial charge in [0.15, 0.2) is 12.4 Å². The van der Waals surface area contributed by atoms with Gasteiger partial charge in [-0.15, -0.1) is 0 Å². The van der Waals surface area contributed by atoms with Crippen LogP contribution in [0, 0.1) is 0 Å². The van der Waals surface area contributed by atoms with Crippen LogP contribution in [0.3, 0.4) is 0 Å². The monoisotopic (exact) mass is 481 g/mol. The Morgan fingerprint density at radius 1 is 0.897 bits per heavy atom. The largest absolute Gasteiger partial charge is 0.457 e. The van der Waals surface area contributed by atoms with E-state index in [-0.39, 0.29) is 23.7 Å². The summed E-state index contributed by atoms with van der Waals surface area (Å²) in [6.07, 6.45) is 3.13. The molecule has 0 atom stereocenters. The van der Waals surface area contributed by atoms with Crippen molar-refractivity contribution in [1.29, 1.82) is 0 Å². The molecule has 2 aromatic rings. The van der Waals surface area contributed by atoms with E-state index in [1.54, 1.807) is 54.6 Å². The maximum atomic E-state index is 12.1. The lowest BCUT2D eigenvalue weighted by atomic mass is 10.1. The van der Waals surface area contributed by atoms with Crippen molar-refractivity contribution in [2.24, 2.45) is 0 Å². The molecule has 6 nitrogen and oxygen atoms in total. The second-order valence-corrected chi connectivity index (χ2v) is 9.15. The van der Waals surface area contributed by atoms with Crippen LogP contribution >= 0.6 is 15.9 Å². The Balaban J connectivity index is 1.54. The number of carbonyl (C=O) groups excluding carboxylic acids is 2. The number of ether oxygens (including phenoxy) is 1. The van der Waals surface area contributed by atoms with Crippen molar-refractivity contribution in [1.82, 2.24) is 4.72 Å². The minimum atomic E-state index is -3.47. The Labute approximate surface area is 179 Å². The van der Waals surface area contributed by atoms with E-state index in [9.17, 15) is 18.0 Å². The van der Waals surface area contributed by atoms with Gasteiger partial charge < -0.3 is 4.74 Å². The van der Waals surface area contributed by atoms with E-state index in [1.165, 1.54) is 0 Å². The van der Waals surface area contributed by atoms with Crippen LogP contribution in [-0.4, -0.2) is 33.3 Å². The molecule has 1 N–H and O–H groups in total. The fourth-order valence-electron chi connectivity index (χ4n) is 2.57. The number of hydrogen-bond donors (Lipinski definition) is 1. The maximum absolute atomic E-state index is 12.1. The highest BCUT2D eigenvalue weighted by molar-refractivity contribution is 9.10. The van der Waals surface area contributed by atoms with Crippen LogP contribution in [0.1, 0.15) is 42.5 Å². The predicted octanol–water partition coefficient (Wildman–Crippen LogP) is 4.10. The normalized spacial score (nSPS) is 11.2. The van der Waals surface area contributed by atoms with Crippen LogP contribution in [0.4, 0.5) is 0 Å². The minimum Gasteiger partial charge on any atom is -0.457 e. The molecule has 8 heteroatoms. The number of halogens is 1. The van der Waals surface area contributed by atoms with Gasteiger partial charge in [-0.25, -0.2) is 13.1 Å². The van der Waals surface area contributed by atoms with Crippen molar-refractivity contribution in [2.75, 3.05) is 13.2 Å². The zero-order valence-electron chi connectivity index (χ0n) is 16.0. The molecule has 0 saturated carbocycles. The standard InChI is InChI=1S/C21H24BrNO5S/c22-18-13-11-17(12-14-18)20(24)16-28-21(25)10-6-1-2-7-15-23-29(26,27)19-8-4-3-5-9-19/h3-5,8-9,11-14,23H,1-2,6-7,10,15-16H2. The van der Waals surface area contributed by atoms with Gasteiger partial charge in [-0.1, -0.05) is 59.1 Å². The third-order valence-corrected chi connectivity index (χ3v) is 6.19. The van der Waals surface area contributed by atoms with Gasteiger partial charge in [-0.2, -0.15) is 0 Å². The molecule has 29 heavy (non-hydrogen) atoms. The van der Waals surface area contributed by atoms with Gasteiger partial charge in [0.2, 0.25) is 10.0 Å². The third-order valence-electron chi connectivity index (χ3n) is 4.18. The molecule has 0 fully saturated rings. The summed E-state index contributed by atoms with van der Waals surface area (Å²) in [4.78, 5) is 23.9. The summed E-state index contributed by atoms with van der Waals surface area (Å²) in [5.74, 6) is -0.642. The number of ketones is 1. The second-order valence-electron chi connectivity index (χ2n) is 6.47.